The van der Waals surface area contributed by atoms with E-state index in [1.54, 1.807) is 0 Å². The molecule has 1 aromatic rings. The molecule has 6 heteroatoms. The first kappa shape index (κ1) is 8.92. The Bertz CT molecular complexity index is 292. The van der Waals surface area contributed by atoms with Crippen molar-refractivity contribution in [3.8, 4) is 5.88 Å². The molecule has 0 amide bonds. The lowest BCUT2D eigenvalue weighted by molar-refractivity contribution is 0.119. The van der Waals surface area contributed by atoms with Crippen molar-refractivity contribution >= 4 is 22.1 Å². The van der Waals surface area contributed by atoms with Gasteiger partial charge in [-0.1, -0.05) is 0 Å². The Morgan fingerprint density at radius 2 is 2.17 bits per heavy atom. The van der Waals surface area contributed by atoms with Gasteiger partial charge in [0.05, 0.1) is 7.11 Å². The van der Waals surface area contributed by atoms with Gasteiger partial charge in [-0.2, -0.15) is 0 Å². The van der Waals surface area contributed by atoms with Gasteiger partial charge in [-0.15, -0.1) is 0 Å². The van der Waals surface area contributed by atoms with E-state index in [9.17, 15) is 4.79 Å². The minimum absolute atomic E-state index is 0.0874. The minimum Gasteiger partial charge on any atom is -0.437 e. The van der Waals surface area contributed by atoms with E-state index in [0.717, 1.165) is 0 Å². The highest BCUT2D eigenvalue weighted by atomic mass is 79.9. The van der Waals surface area contributed by atoms with E-state index in [-0.39, 0.29) is 5.88 Å². The van der Waals surface area contributed by atoms with Gasteiger partial charge < -0.3 is 9.47 Å². The predicted molar refractivity (Wildman–Crippen MR) is 42.8 cm³/mol. The van der Waals surface area contributed by atoms with Crippen LogP contribution in [0.3, 0.4) is 0 Å². The van der Waals surface area contributed by atoms with Crippen molar-refractivity contribution in [3.63, 3.8) is 0 Å². The standard InChI is InChI=1S/C6H5BrN2O3/c1-11-6(10)12-5-4(7)8-2-3-9-5/h2-3H,1H3. The molecule has 64 valence electrons. The minimum atomic E-state index is -0.823. The second-order valence-electron chi connectivity index (χ2n) is 1.71. The summed E-state index contributed by atoms with van der Waals surface area (Å²) in [5, 5.41) is 0. The molecule has 1 rings (SSSR count). The van der Waals surface area contributed by atoms with Gasteiger partial charge in [0, 0.05) is 12.4 Å². The fraction of sp³-hybridized carbons (Fsp3) is 0.167. The van der Waals surface area contributed by atoms with Crippen LogP contribution in [0.2, 0.25) is 0 Å². The highest BCUT2D eigenvalue weighted by Gasteiger charge is 2.08. The molecule has 5 nitrogen and oxygen atoms in total. The fourth-order valence-electron chi connectivity index (χ4n) is 0.497. The summed E-state index contributed by atoms with van der Waals surface area (Å²) in [4.78, 5) is 18.1. The zero-order valence-electron chi connectivity index (χ0n) is 6.15. The third-order valence-electron chi connectivity index (χ3n) is 0.969. The largest absolute Gasteiger partial charge is 0.515 e. The van der Waals surface area contributed by atoms with Crippen LogP contribution in [0, 0.1) is 0 Å². The van der Waals surface area contributed by atoms with E-state index in [2.05, 4.69) is 35.4 Å². The maximum absolute atomic E-state index is 10.6. The van der Waals surface area contributed by atoms with Crippen LogP contribution in [-0.2, 0) is 4.74 Å². The van der Waals surface area contributed by atoms with E-state index in [1.807, 2.05) is 0 Å². The van der Waals surface area contributed by atoms with Crippen LogP contribution >= 0.6 is 15.9 Å². The van der Waals surface area contributed by atoms with E-state index < -0.39 is 6.16 Å². The van der Waals surface area contributed by atoms with Gasteiger partial charge in [0.25, 0.3) is 5.88 Å². The maximum atomic E-state index is 10.6. The molecule has 0 spiro atoms. The molecule has 0 fully saturated rings. The molecule has 12 heavy (non-hydrogen) atoms. The summed E-state index contributed by atoms with van der Waals surface area (Å²) in [6, 6.07) is 0. The van der Waals surface area contributed by atoms with Crippen molar-refractivity contribution in [3.05, 3.63) is 17.0 Å². The Balaban J connectivity index is 2.75. The summed E-state index contributed by atoms with van der Waals surface area (Å²) in [5.74, 6) is 0.0874. The Hall–Kier alpha value is -1.17. The first-order valence-corrected chi connectivity index (χ1v) is 3.75. The van der Waals surface area contributed by atoms with Gasteiger partial charge in [-0.05, 0) is 15.9 Å². The van der Waals surface area contributed by atoms with Crippen LogP contribution < -0.4 is 4.74 Å². The third-order valence-corrected chi connectivity index (χ3v) is 1.51. The summed E-state index contributed by atoms with van der Waals surface area (Å²) in [7, 11) is 1.21. The van der Waals surface area contributed by atoms with E-state index in [0.29, 0.717) is 4.60 Å². The average Bonchev–Trinajstić information content (AvgIpc) is 2.09. The average molecular weight is 233 g/mol. The molecule has 0 aliphatic carbocycles. The van der Waals surface area contributed by atoms with Crippen LogP contribution in [0.25, 0.3) is 0 Å². The molecule has 0 aliphatic heterocycles. The summed E-state index contributed by atoms with van der Waals surface area (Å²) in [5.41, 5.74) is 0. The molecule has 0 N–H and O–H groups in total. The third kappa shape index (κ3) is 2.16. The number of aromatic nitrogens is 2. The molecule has 0 radical (unpaired) electrons. The van der Waals surface area contributed by atoms with E-state index >= 15 is 0 Å². The molecule has 0 saturated heterocycles. The molecule has 1 aromatic heterocycles. The molecule has 0 aromatic carbocycles. The molecule has 0 atom stereocenters. The van der Waals surface area contributed by atoms with Crippen molar-refractivity contribution in [2.45, 2.75) is 0 Å². The fourth-order valence-corrected chi connectivity index (χ4v) is 0.799. The lowest BCUT2D eigenvalue weighted by Gasteiger charge is -2.00. The zero-order chi connectivity index (χ0) is 8.97. The zero-order valence-corrected chi connectivity index (χ0v) is 7.74. The lowest BCUT2D eigenvalue weighted by Crippen LogP contribution is -2.09. The Kier molecular flexibility index (Phi) is 2.98. The monoisotopic (exact) mass is 232 g/mol. The molecule has 1 heterocycles. The molecule has 0 bridgehead atoms. The Labute approximate surface area is 76.9 Å². The Morgan fingerprint density at radius 1 is 1.50 bits per heavy atom. The lowest BCUT2D eigenvalue weighted by atomic mass is 10.7. The quantitative estimate of drug-likeness (QED) is 0.685. The summed E-state index contributed by atoms with van der Waals surface area (Å²) >= 11 is 3.05. The highest BCUT2D eigenvalue weighted by molar-refractivity contribution is 9.10. The number of carbonyl (C=O) groups excluding carboxylic acids is 1. The summed E-state index contributed by atoms with van der Waals surface area (Å²) in [6.07, 6.45) is 2.05. The van der Waals surface area contributed by atoms with Crippen molar-refractivity contribution in [1.29, 1.82) is 0 Å². The van der Waals surface area contributed by atoms with Crippen LogP contribution in [-0.4, -0.2) is 23.2 Å². The number of ether oxygens (including phenoxy) is 2. The number of halogens is 1. The van der Waals surface area contributed by atoms with E-state index in [1.165, 1.54) is 19.5 Å². The molecule has 0 aliphatic rings. The summed E-state index contributed by atoms with van der Waals surface area (Å²) in [6.45, 7) is 0. The number of rotatable bonds is 1. The van der Waals surface area contributed by atoms with Gasteiger partial charge in [0.1, 0.15) is 0 Å². The van der Waals surface area contributed by atoms with Crippen LogP contribution in [0.1, 0.15) is 0 Å². The number of nitrogens with zero attached hydrogens (tertiary/aromatic N) is 2. The van der Waals surface area contributed by atoms with Gasteiger partial charge in [0.2, 0.25) is 0 Å². The van der Waals surface area contributed by atoms with Crippen LogP contribution in [0.15, 0.2) is 17.0 Å². The smallest absolute Gasteiger partial charge is 0.437 e. The van der Waals surface area contributed by atoms with E-state index in [4.69, 9.17) is 0 Å². The van der Waals surface area contributed by atoms with Crippen molar-refractivity contribution in [1.82, 2.24) is 9.97 Å². The normalized spacial score (nSPS) is 9.17. The van der Waals surface area contributed by atoms with Crippen molar-refractivity contribution in [2.75, 3.05) is 7.11 Å². The first-order valence-electron chi connectivity index (χ1n) is 2.96. The molecular formula is C6H5BrN2O3. The SMILES string of the molecule is COC(=O)Oc1nccnc1Br. The topological polar surface area (TPSA) is 61.3 Å². The van der Waals surface area contributed by atoms with Crippen molar-refractivity contribution in [2.24, 2.45) is 0 Å². The second kappa shape index (κ2) is 4.01. The number of hydrogen-bond donors (Lipinski definition) is 0. The van der Waals surface area contributed by atoms with Gasteiger partial charge in [-0.25, -0.2) is 14.8 Å². The van der Waals surface area contributed by atoms with Gasteiger partial charge in [-0.3, -0.25) is 0 Å². The predicted octanol–water partition coefficient (Wildman–Crippen LogP) is 1.38. The second-order valence-corrected chi connectivity index (χ2v) is 2.46. The van der Waals surface area contributed by atoms with Gasteiger partial charge >= 0.3 is 6.16 Å². The Morgan fingerprint density at radius 3 is 2.75 bits per heavy atom. The number of carbonyl (C=O) groups is 1. The van der Waals surface area contributed by atoms with Crippen LogP contribution in [0.5, 0.6) is 5.88 Å². The van der Waals surface area contributed by atoms with Gasteiger partial charge in [0.15, 0.2) is 4.60 Å². The highest BCUT2D eigenvalue weighted by Crippen LogP contribution is 2.17. The van der Waals surface area contributed by atoms with Crippen LogP contribution in [0.4, 0.5) is 4.79 Å². The van der Waals surface area contributed by atoms with Crippen molar-refractivity contribution < 1.29 is 14.3 Å². The molecular weight excluding hydrogens is 228 g/mol. The maximum Gasteiger partial charge on any atom is 0.515 e. The molecule has 0 unspecified atom stereocenters. The first-order chi connectivity index (χ1) is 5.74. The molecule has 0 saturated carbocycles. The number of hydrogen-bond acceptors (Lipinski definition) is 5. The summed E-state index contributed by atoms with van der Waals surface area (Å²) < 4.78 is 9.23. The number of methoxy groups -OCH3 is 1.